The second-order valence-electron chi connectivity index (χ2n) is 14.0. The minimum Gasteiger partial charge on any atom is -0.379 e. The summed E-state index contributed by atoms with van der Waals surface area (Å²) in [6, 6.07) is 19.9. The van der Waals surface area contributed by atoms with Gasteiger partial charge in [-0.15, -0.1) is 0 Å². The third-order valence-corrected chi connectivity index (χ3v) is 10.0. The maximum atomic E-state index is 13.7. The number of ether oxygens (including phenoxy) is 1. The predicted molar refractivity (Wildman–Crippen MR) is 198 cm³/mol. The number of carbonyl (C=O) groups excluding carboxylic acids is 3. The minimum atomic E-state index is -0.633. The molecule has 1 fully saturated rings. The SMILES string of the molecule is CCCCCCCC(=O)c1ccc(-c2ccc(C(=O)CCCCCCC)cc2-c2ccc(C(=O)C(C)(C)N3CCOCC3)cc2)c(C)c1. The number of hydrogen-bond acceptors (Lipinski definition) is 5. The first kappa shape index (κ1) is 37.4. The van der Waals surface area contributed by atoms with Crippen LogP contribution in [-0.2, 0) is 4.74 Å². The van der Waals surface area contributed by atoms with Crippen LogP contribution in [-0.4, -0.2) is 54.1 Å². The lowest BCUT2D eigenvalue weighted by Gasteiger charge is -2.39. The normalized spacial score (nSPS) is 13.9. The van der Waals surface area contributed by atoms with Crippen molar-refractivity contribution >= 4 is 17.3 Å². The highest BCUT2D eigenvalue weighted by Crippen LogP contribution is 2.36. The summed E-state index contributed by atoms with van der Waals surface area (Å²) in [5.74, 6) is 0.445. The van der Waals surface area contributed by atoms with Gasteiger partial charge in [0.25, 0.3) is 0 Å². The number of ketones is 3. The zero-order valence-corrected chi connectivity index (χ0v) is 30.2. The van der Waals surface area contributed by atoms with E-state index in [4.69, 9.17) is 4.74 Å². The first-order chi connectivity index (χ1) is 23.2. The Bertz CT molecular complexity index is 1510. The van der Waals surface area contributed by atoms with Crippen LogP contribution in [0.15, 0.2) is 60.7 Å². The van der Waals surface area contributed by atoms with E-state index in [1.54, 1.807) is 0 Å². The zero-order chi connectivity index (χ0) is 34.5. The summed E-state index contributed by atoms with van der Waals surface area (Å²) < 4.78 is 5.52. The summed E-state index contributed by atoms with van der Waals surface area (Å²) in [4.78, 5) is 42.3. The van der Waals surface area contributed by atoms with Crippen LogP contribution in [0.3, 0.4) is 0 Å². The van der Waals surface area contributed by atoms with Gasteiger partial charge in [-0.05, 0) is 73.6 Å². The summed E-state index contributed by atoms with van der Waals surface area (Å²) >= 11 is 0. The Labute approximate surface area is 289 Å². The van der Waals surface area contributed by atoms with Gasteiger partial charge in [-0.3, -0.25) is 19.3 Å². The Kier molecular flexibility index (Phi) is 14.3. The summed E-state index contributed by atoms with van der Waals surface area (Å²) in [6.07, 6.45) is 12.3. The first-order valence-electron chi connectivity index (χ1n) is 18.5. The van der Waals surface area contributed by atoms with Crippen LogP contribution in [0.25, 0.3) is 22.3 Å². The summed E-state index contributed by atoms with van der Waals surface area (Å²) in [6.45, 7) is 13.2. The Hall–Kier alpha value is -3.41. The molecule has 0 N–H and O–H groups in total. The highest BCUT2D eigenvalue weighted by atomic mass is 16.5. The summed E-state index contributed by atoms with van der Waals surface area (Å²) in [7, 11) is 0. The second kappa shape index (κ2) is 18.4. The molecule has 48 heavy (non-hydrogen) atoms. The van der Waals surface area contributed by atoms with Crippen molar-refractivity contribution in [1.29, 1.82) is 0 Å². The van der Waals surface area contributed by atoms with Gasteiger partial charge >= 0.3 is 0 Å². The molecular weight excluding hydrogens is 594 g/mol. The van der Waals surface area contributed by atoms with E-state index in [9.17, 15) is 14.4 Å². The lowest BCUT2D eigenvalue weighted by atomic mass is 9.87. The maximum Gasteiger partial charge on any atom is 0.182 e. The van der Waals surface area contributed by atoms with Crippen molar-refractivity contribution in [3.05, 3.63) is 82.9 Å². The van der Waals surface area contributed by atoms with Crippen molar-refractivity contribution in [1.82, 2.24) is 4.90 Å². The molecule has 0 aliphatic carbocycles. The first-order valence-corrected chi connectivity index (χ1v) is 18.5. The van der Waals surface area contributed by atoms with Gasteiger partial charge in [0, 0.05) is 42.6 Å². The minimum absolute atomic E-state index is 0.0876. The van der Waals surface area contributed by atoms with Crippen LogP contribution in [0.5, 0.6) is 0 Å². The highest BCUT2D eigenvalue weighted by Gasteiger charge is 2.36. The molecule has 5 nitrogen and oxygen atoms in total. The van der Waals surface area contributed by atoms with Gasteiger partial charge in [0.1, 0.15) is 0 Å². The van der Waals surface area contributed by atoms with Crippen LogP contribution in [0.4, 0.5) is 0 Å². The molecule has 0 saturated carbocycles. The van der Waals surface area contributed by atoms with Crippen LogP contribution >= 0.6 is 0 Å². The lowest BCUT2D eigenvalue weighted by molar-refractivity contribution is -0.00430. The van der Waals surface area contributed by atoms with Crippen LogP contribution in [0, 0.1) is 6.92 Å². The Morgan fingerprint density at radius 1 is 0.625 bits per heavy atom. The molecule has 5 heteroatoms. The Balaban J connectivity index is 1.62. The van der Waals surface area contributed by atoms with E-state index < -0.39 is 5.54 Å². The highest BCUT2D eigenvalue weighted by molar-refractivity contribution is 6.04. The van der Waals surface area contributed by atoms with Crippen molar-refractivity contribution in [2.75, 3.05) is 26.3 Å². The van der Waals surface area contributed by atoms with Crippen molar-refractivity contribution < 1.29 is 19.1 Å². The number of nitrogens with zero attached hydrogens (tertiary/aromatic N) is 1. The van der Waals surface area contributed by atoms with Gasteiger partial charge < -0.3 is 4.74 Å². The number of unbranched alkanes of at least 4 members (excludes halogenated alkanes) is 8. The molecule has 0 spiro atoms. The molecule has 0 atom stereocenters. The van der Waals surface area contributed by atoms with Crippen LogP contribution in [0.2, 0.25) is 0 Å². The smallest absolute Gasteiger partial charge is 0.182 e. The van der Waals surface area contributed by atoms with Gasteiger partial charge in [-0.2, -0.15) is 0 Å². The molecule has 4 rings (SSSR count). The molecule has 1 aliphatic rings. The van der Waals surface area contributed by atoms with E-state index in [0.29, 0.717) is 37.2 Å². The van der Waals surface area contributed by atoms with Crippen molar-refractivity contribution in [3.63, 3.8) is 0 Å². The molecule has 1 aliphatic heterocycles. The van der Waals surface area contributed by atoms with E-state index >= 15 is 0 Å². The van der Waals surface area contributed by atoms with Crippen LogP contribution < -0.4 is 0 Å². The van der Waals surface area contributed by atoms with Crippen molar-refractivity contribution in [2.45, 2.75) is 117 Å². The number of carbonyl (C=O) groups is 3. The number of benzene rings is 3. The molecule has 1 saturated heterocycles. The number of Topliss-reactive ketones (excluding diaryl/α,β-unsaturated/α-hetero) is 3. The van der Waals surface area contributed by atoms with Gasteiger partial charge in [0.15, 0.2) is 17.3 Å². The second-order valence-corrected chi connectivity index (χ2v) is 14.0. The molecule has 3 aromatic rings. The topological polar surface area (TPSA) is 63.7 Å². The Morgan fingerprint density at radius 3 is 1.67 bits per heavy atom. The van der Waals surface area contributed by atoms with Crippen molar-refractivity contribution in [3.8, 4) is 22.3 Å². The average Bonchev–Trinajstić information content (AvgIpc) is 3.11. The van der Waals surface area contributed by atoms with E-state index in [1.165, 1.54) is 32.1 Å². The molecule has 0 bridgehead atoms. The third kappa shape index (κ3) is 9.83. The van der Waals surface area contributed by atoms with E-state index in [0.717, 1.165) is 78.6 Å². The molecule has 0 radical (unpaired) electrons. The fourth-order valence-electron chi connectivity index (χ4n) is 6.82. The van der Waals surface area contributed by atoms with E-state index in [1.807, 2.05) is 62.4 Å². The summed E-state index contributed by atoms with van der Waals surface area (Å²) in [5, 5.41) is 0. The van der Waals surface area contributed by atoms with Gasteiger partial charge in [-0.25, -0.2) is 0 Å². The number of morpholine rings is 1. The molecule has 1 heterocycles. The Morgan fingerprint density at radius 2 is 1.12 bits per heavy atom. The number of hydrogen-bond donors (Lipinski definition) is 0. The molecular formula is C43H57NO4. The van der Waals surface area contributed by atoms with Crippen LogP contribution in [0.1, 0.15) is 141 Å². The van der Waals surface area contributed by atoms with Gasteiger partial charge in [0.2, 0.25) is 0 Å². The fraction of sp³-hybridized carbons (Fsp3) is 0.512. The molecule has 0 amide bonds. The fourth-order valence-corrected chi connectivity index (χ4v) is 6.82. The number of rotatable bonds is 19. The molecule has 0 unspecified atom stereocenters. The van der Waals surface area contributed by atoms with E-state index in [-0.39, 0.29) is 17.3 Å². The third-order valence-electron chi connectivity index (χ3n) is 10.0. The van der Waals surface area contributed by atoms with Gasteiger partial charge in [0.05, 0.1) is 18.8 Å². The summed E-state index contributed by atoms with van der Waals surface area (Å²) in [5.41, 5.74) is 6.50. The largest absolute Gasteiger partial charge is 0.379 e. The average molecular weight is 652 g/mol. The molecule has 0 aromatic heterocycles. The lowest BCUT2D eigenvalue weighted by Crippen LogP contribution is -2.54. The monoisotopic (exact) mass is 651 g/mol. The maximum absolute atomic E-state index is 13.7. The molecule has 258 valence electrons. The molecule has 3 aromatic carbocycles. The zero-order valence-electron chi connectivity index (χ0n) is 30.2. The predicted octanol–water partition coefficient (Wildman–Crippen LogP) is 10.7. The standard InChI is InChI=1S/C43H57NO4/c1-6-8-10-12-14-16-40(45)35-22-24-37(32(3)30-35)38-25-23-36(41(46)17-15-13-11-9-7-2)31-39(38)33-18-20-34(21-19-33)42(47)43(4,5)44-26-28-48-29-27-44/h18-25,30-31H,6-17,26-29H2,1-5H3. The number of aryl methyl sites for hydroxylation is 1. The van der Waals surface area contributed by atoms with Gasteiger partial charge in [-0.1, -0.05) is 114 Å². The van der Waals surface area contributed by atoms with E-state index in [2.05, 4.69) is 37.8 Å². The quantitative estimate of drug-likeness (QED) is 0.0953. The van der Waals surface area contributed by atoms with Crippen molar-refractivity contribution in [2.24, 2.45) is 0 Å².